The summed E-state index contributed by atoms with van der Waals surface area (Å²) in [5, 5.41) is 3.67. The van der Waals surface area contributed by atoms with Gasteiger partial charge in [-0.15, -0.1) is 0 Å². The Morgan fingerprint density at radius 3 is 2.55 bits per heavy atom. The van der Waals surface area contributed by atoms with E-state index in [-0.39, 0.29) is 5.91 Å². The number of hydrogen-bond acceptors (Lipinski definition) is 8. The van der Waals surface area contributed by atoms with Gasteiger partial charge in [-0.05, 0) is 43.7 Å². The highest BCUT2D eigenvalue weighted by atomic mass is 35.5. The van der Waals surface area contributed by atoms with Gasteiger partial charge in [0.2, 0.25) is 11.9 Å². The number of rotatable bonds is 6. The van der Waals surface area contributed by atoms with Crippen molar-refractivity contribution in [3.05, 3.63) is 59.5 Å². The summed E-state index contributed by atoms with van der Waals surface area (Å²) in [6, 6.07) is 9.87. The Morgan fingerprint density at radius 2 is 1.87 bits per heavy atom. The molecule has 0 spiro atoms. The molecule has 0 unspecified atom stereocenters. The Balaban J connectivity index is 1.40. The van der Waals surface area contributed by atoms with E-state index in [1.165, 1.54) is 0 Å². The number of halogens is 1. The molecule has 1 saturated heterocycles. The molecule has 0 aliphatic carbocycles. The molecule has 5 rings (SSSR count). The van der Waals surface area contributed by atoms with Gasteiger partial charge in [0.05, 0.1) is 35.9 Å². The Kier molecular flexibility index (Phi) is 6.85. The predicted molar refractivity (Wildman–Crippen MR) is 149 cm³/mol. The molecule has 0 radical (unpaired) electrons. The molecule has 1 aliphatic rings. The maximum Gasteiger partial charge on any atom is 0.227 e. The van der Waals surface area contributed by atoms with E-state index in [9.17, 15) is 4.79 Å². The van der Waals surface area contributed by atoms with Gasteiger partial charge in [-0.1, -0.05) is 11.6 Å². The minimum atomic E-state index is -0.477. The largest absolute Gasteiger partial charge is 0.494 e. The molecule has 1 aromatic carbocycles. The zero-order valence-electron chi connectivity index (χ0n) is 21.9. The lowest BCUT2D eigenvalue weighted by Gasteiger charge is -2.35. The Morgan fingerprint density at radius 1 is 1.11 bits per heavy atom. The van der Waals surface area contributed by atoms with Crippen LogP contribution in [0, 0.1) is 0 Å². The molecule has 0 saturated carbocycles. The van der Waals surface area contributed by atoms with Gasteiger partial charge < -0.3 is 25.6 Å². The molecule has 1 amide bonds. The van der Waals surface area contributed by atoms with Crippen molar-refractivity contribution in [3.63, 3.8) is 0 Å². The van der Waals surface area contributed by atoms with Crippen LogP contribution in [0.4, 0.5) is 17.3 Å². The van der Waals surface area contributed by atoms with Gasteiger partial charge in [0.25, 0.3) is 0 Å². The highest BCUT2D eigenvalue weighted by molar-refractivity contribution is 6.32. The van der Waals surface area contributed by atoms with Crippen molar-refractivity contribution < 1.29 is 9.53 Å². The predicted octanol–water partition coefficient (Wildman–Crippen LogP) is 4.06. The number of nitrogens with zero attached hydrogens (tertiary/aromatic N) is 6. The second kappa shape index (κ2) is 10.1. The van der Waals surface area contributed by atoms with Crippen LogP contribution < -0.4 is 20.7 Å². The van der Waals surface area contributed by atoms with Crippen LogP contribution in [0.3, 0.4) is 0 Å². The summed E-state index contributed by atoms with van der Waals surface area (Å²) >= 11 is 6.52. The third-order valence-electron chi connectivity index (χ3n) is 6.77. The van der Waals surface area contributed by atoms with Crippen LogP contribution in [-0.4, -0.2) is 63.4 Å². The Hall–Kier alpha value is -3.89. The summed E-state index contributed by atoms with van der Waals surface area (Å²) in [7, 11) is 1.63. The summed E-state index contributed by atoms with van der Waals surface area (Å²) in [6.45, 7) is 8.46. The lowest BCUT2D eigenvalue weighted by Crippen LogP contribution is -2.48. The van der Waals surface area contributed by atoms with Crippen LogP contribution in [0.15, 0.2) is 48.9 Å². The number of carbonyl (C=O) groups excluding carboxylic acids is 1. The summed E-state index contributed by atoms with van der Waals surface area (Å²) in [5.74, 6) is 1.14. The molecule has 0 atom stereocenters. The topological polar surface area (TPSA) is 114 Å². The minimum absolute atomic E-state index is 0.109. The summed E-state index contributed by atoms with van der Waals surface area (Å²) in [6.07, 6.45) is 5.23. The van der Waals surface area contributed by atoms with Crippen molar-refractivity contribution in [3.8, 4) is 17.1 Å². The molecule has 198 valence electrons. The van der Waals surface area contributed by atoms with Crippen LogP contribution in [0.2, 0.25) is 5.02 Å². The summed E-state index contributed by atoms with van der Waals surface area (Å²) in [4.78, 5) is 29.4. The van der Waals surface area contributed by atoms with Gasteiger partial charge in [0.1, 0.15) is 17.1 Å². The van der Waals surface area contributed by atoms with E-state index in [0.29, 0.717) is 35.5 Å². The normalized spacial score (nSPS) is 14.2. The minimum Gasteiger partial charge on any atom is -0.494 e. The molecule has 11 heteroatoms. The molecule has 10 nitrogen and oxygen atoms in total. The first-order chi connectivity index (χ1) is 18.1. The fourth-order valence-corrected chi connectivity index (χ4v) is 4.73. The van der Waals surface area contributed by atoms with Crippen LogP contribution in [0.1, 0.15) is 26.3 Å². The van der Waals surface area contributed by atoms with Gasteiger partial charge in [0, 0.05) is 56.6 Å². The molecule has 38 heavy (non-hydrogen) atoms. The second-order valence-corrected chi connectivity index (χ2v) is 10.3. The highest BCUT2D eigenvalue weighted by Crippen LogP contribution is 2.33. The number of amides is 1. The lowest BCUT2D eigenvalue weighted by molar-refractivity contribution is -0.129. The molecule has 1 aliphatic heterocycles. The van der Waals surface area contributed by atoms with Crippen molar-refractivity contribution in [2.75, 3.05) is 43.5 Å². The van der Waals surface area contributed by atoms with Crippen molar-refractivity contribution in [2.24, 2.45) is 5.73 Å². The summed E-state index contributed by atoms with van der Waals surface area (Å²) in [5.41, 5.74) is 10.6. The van der Waals surface area contributed by atoms with E-state index in [1.807, 2.05) is 59.7 Å². The van der Waals surface area contributed by atoms with E-state index in [1.54, 1.807) is 26.4 Å². The van der Waals surface area contributed by atoms with E-state index in [2.05, 4.69) is 20.2 Å². The number of methoxy groups -OCH3 is 1. The maximum atomic E-state index is 11.6. The second-order valence-electron chi connectivity index (χ2n) is 9.90. The number of anilines is 3. The van der Waals surface area contributed by atoms with Crippen LogP contribution in [0.5, 0.6) is 5.75 Å². The monoisotopic (exact) mass is 534 g/mol. The van der Waals surface area contributed by atoms with E-state index >= 15 is 0 Å². The first kappa shape index (κ1) is 25.7. The van der Waals surface area contributed by atoms with Gasteiger partial charge >= 0.3 is 0 Å². The van der Waals surface area contributed by atoms with Crippen molar-refractivity contribution in [2.45, 2.75) is 26.3 Å². The van der Waals surface area contributed by atoms with Gasteiger partial charge in [0.15, 0.2) is 0 Å². The summed E-state index contributed by atoms with van der Waals surface area (Å²) < 4.78 is 7.60. The van der Waals surface area contributed by atoms with Crippen molar-refractivity contribution in [1.82, 2.24) is 24.3 Å². The van der Waals surface area contributed by atoms with Crippen molar-refractivity contribution in [1.29, 1.82) is 0 Å². The molecular weight excluding hydrogens is 504 g/mol. The first-order valence-electron chi connectivity index (χ1n) is 12.4. The number of fused-ring (bicyclic) bond motifs is 1. The van der Waals surface area contributed by atoms with E-state index in [0.717, 1.165) is 41.4 Å². The Labute approximate surface area is 226 Å². The zero-order chi connectivity index (χ0) is 27.0. The number of hydrogen-bond donors (Lipinski definition) is 2. The molecule has 4 heterocycles. The molecule has 3 N–H and O–H groups in total. The number of ether oxygens (including phenoxy) is 1. The maximum absolute atomic E-state index is 11.6. The van der Waals surface area contributed by atoms with Crippen molar-refractivity contribution >= 4 is 40.5 Å². The van der Waals surface area contributed by atoms with Gasteiger partial charge in [-0.2, -0.15) is 0 Å². The quantitative estimate of drug-likeness (QED) is 0.381. The zero-order valence-corrected chi connectivity index (χ0v) is 22.7. The first-order valence-corrected chi connectivity index (χ1v) is 12.8. The molecule has 1 fully saturated rings. The SMILES string of the molecule is COc1cc(N2CCN(C(C)=O)CC2)ccc1Nc1ncc(Cl)c(-c2cnc3cc(C(C)(C)N)ccn23)n1. The smallest absolute Gasteiger partial charge is 0.227 e. The number of piperazine rings is 1. The number of imidazole rings is 1. The van der Waals surface area contributed by atoms with E-state index in [4.69, 9.17) is 27.1 Å². The molecule has 3 aromatic heterocycles. The van der Waals surface area contributed by atoms with Crippen LogP contribution >= 0.6 is 11.6 Å². The number of aromatic nitrogens is 4. The van der Waals surface area contributed by atoms with Crippen LogP contribution in [-0.2, 0) is 10.3 Å². The van der Waals surface area contributed by atoms with E-state index < -0.39 is 5.54 Å². The number of pyridine rings is 1. The van der Waals surface area contributed by atoms with Crippen LogP contribution in [0.25, 0.3) is 17.0 Å². The number of nitrogens with two attached hydrogens (primary N) is 1. The highest BCUT2D eigenvalue weighted by Gasteiger charge is 2.21. The van der Waals surface area contributed by atoms with Gasteiger partial charge in [-0.25, -0.2) is 15.0 Å². The fourth-order valence-electron chi connectivity index (χ4n) is 4.54. The molecule has 0 bridgehead atoms. The van der Waals surface area contributed by atoms with Gasteiger partial charge in [-0.3, -0.25) is 9.20 Å². The third-order valence-corrected chi connectivity index (χ3v) is 7.04. The molecule has 4 aromatic rings. The fraction of sp³-hybridized carbons (Fsp3) is 0.333. The third kappa shape index (κ3) is 5.09. The Bertz CT molecular complexity index is 1490. The average Bonchev–Trinajstić information content (AvgIpc) is 3.33. The number of carbonyl (C=O) groups is 1. The number of nitrogens with one attached hydrogen (secondary N) is 1. The lowest BCUT2D eigenvalue weighted by atomic mass is 9.97. The molecular formula is C27H31ClN8O2. The number of benzene rings is 1. The average molecular weight is 535 g/mol. The standard InChI is InChI=1S/C27H31ClN8O2/c1-17(37)34-9-11-35(12-10-34)19-5-6-21(23(14-19)38-4)32-26-31-15-20(28)25(33-26)22-16-30-24-13-18(27(2,3)29)7-8-36(22)24/h5-8,13-16H,9-12,29H2,1-4H3,(H,31,32,33).